The summed E-state index contributed by atoms with van der Waals surface area (Å²) in [5.74, 6) is 0. The van der Waals surface area contributed by atoms with E-state index >= 15 is 0 Å². The van der Waals surface area contributed by atoms with Crippen molar-refractivity contribution in [2.45, 2.75) is 42.5 Å². The van der Waals surface area contributed by atoms with Crippen LogP contribution < -0.4 is 10.5 Å². The average Bonchev–Trinajstić information content (AvgIpc) is 3.16. The van der Waals surface area contributed by atoms with Crippen LogP contribution in [0.5, 0.6) is 0 Å². The minimum atomic E-state index is -3.68. The Morgan fingerprint density at radius 3 is 2.86 bits per heavy atom. The van der Waals surface area contributed by atoms with Crippen molar-refractivity contribution in [3.63, 3.8) is 0 Å². The lowest BCUT2D eigenvalue weighted by Gasteiger charge is -2.08. The van der Waals surface area contributed by atoms with Crippen LogP contribution >= 0.6 is 11.3 Å². The molecule has 1 saturated carbocycles. The van der Waals surface area contributed by atoms with Crippen molar-refractivity contribution in [3.05, 3.63) is 24.2 Å². The van der Waals surface area contributed by atoms with E-state index < -0.39 is 10.0 Å². The second-order valence-electron chi connectivity index (χ2n) is 5.11. The lowest BCUT2D eigenvalue weighted by Crippen LogP contribution is -2.09. The summed E-state index contributed by atoms with van der Waals surface area (Å²) in [4.78, 5) is 4.00. The van der Waals surface area contributed by atoms with Crippen LogP contribution in [0.1, 0.15) is 37.4 Å². The number of anilines is 1. The molecule has 0 amide bonds. The van der Waals surface area contributed by atoms with Crippen LogP contribution in [0.2, 0.25) is 0 Å². The van der Waals surface area contributed by atoms with E-state index in [-0.39, 0.29) is 4.21 Å². The monoisotopic (exact) mass is 327 g/mol. The molecular formula is C12H17N5O2S2. The van der Waals surface area contributed by atoms with Crippen LogP contribution in [0.4, 0.5) is 5.13 Å². The van der Waals surface area contributed by atoms with Crippen LogP contribution in [-0.2, 0) is 16.6 Å². The van der Waals surface area contributed by atoms with Crippen molar-refractivity contribution in [1.82, 2.24) is 14.8 Å². The molecule has 7 nitrogen and oxygen atoms in total. The van der Waals surface area contributed by atoms with Crippen molar-refractivity contribution >= 4 is 26.5 Å². The molecule has 0 radical (unpaired) electrons. The summed E-state index contributed by atoms with van der Waals surface area (Å²) in [5, 5.41) is 13.2. The van der Waals surface area contributed by atoms with E-state index in [0.717, 1.165) is 17.0 Å². The van der Waals surface area contributed by atoms with Crippen molar-refractivity contribution in [2.75, 3.05) is 5.32 Å². The number of nitrogens with one attached hydrogen (secondary N) is 1. The van der Waals surface area contributed by atoms with Crippen molar-refractivity contribution in [1.29, 1.82) is 0 Å². The Morgan fingerprint density at radius 2 is 2.19 bits per heavy atom. The van der Waals surface area contributed by atoms with Crippen LogP contribution in [0.3, 0.4) is 0 Å². The Morgan fingerprint density at radius 1 is 1.43 bits per heavy atom. The fourth-order valence-electron chi connectivity index (χ4n) is 2.48. The Balaban J connectivity index is 1.61. The molecule has 0 bridgehead atoms. The van der Waals surface area contributed by atoms with Gasteiger partial charge in [-0.2, -0.15) is 5.10 Å². The Labute approximate surface area is 127 Å². The van der Waals surface area contributed by atoms with Gasteiger partial charge in [0, 0.05) is 6.20 Å². The standard InChI is InChI=1S/C12H17N5O2S2/c13-21(18,19)11-8-15-12(20-11)14-7-9-5-6-17(16-9)10-3-1-2-4-10/h5-6,8,10H,1-4,7H2,(H,14,15)(H2,13,18,19). The fraction of sp³-hybridized carbons (Fsp3) is 0.500. The minimum absolute atomic E-state index is 0.0569. The summed E-state index contributed by atoms with van der Waals surface area (Å²) in [6.07, 6.45) is 8.20. The van der Waals surface area contributed by atoms with Crippen LogP contribution in [0.25, 0.3) is 0 Å². The molecular weight excluding hydrogens is 310 g/mol. The first-order chi connectivity index (χ1) is 10.0. The van der Waals surface area contributed by atoms with E-state index in [4.69, 9.17) is 5.14 Å². The predicted molar refractivity (Wildman–Crippen MR) is 80.5 cm³/mol. The molecule has 2 heterocycles. The van der Waals surface area contributed by atoms with Gasteiger partial charge in [0.2, 0.25) is 10.0 Å². The molecule has 3 rings (SSSR count). The molecule has 1 aliphatic rings. The lowest BCUT2D eigenvalue weighted by atomic mass is 10.3. The molecule has 0 aliphatic heterocycles. The molecule has 114 valence electrons. The fourth-order valence-corrected chi connectivity index (χ4v) is 3.93. The Bertz CT molecular complexity index is 716. The van der Waals surface area contributed by atoms with E-state index in [9.17, 15) is 8.42 Å². The van der Waals surface area contributed by atoms with Gasteiger partial charge in [-0.05, 0) is 18.9 Å². The molecule has 2 aromatic rings. The first-order valence-corrected chi connectivity index (χ1v) is 9.15. The molecule has 2 aromatic heterocycles. The number of hydrogen-bond acceptors (Lipinski definition) is 6. The second-order valence-corrected chi connectivity index (χ2v) is 7.93. The summed E-state index contributed by atoms with van der Waals surface area (Å²) < 4.78 is 24.4. The summed E-state index contributed by atoms with van der Waals surface area (Å²) in [6.45, 7) is 0.511. The van der Waals surface area contributed by atoms with Gasteiger partial charge < -0.3 is 5.32 Å². The molecule has 0 unspecified atom stereocenters. The number of rotatable bonds is 5. The molecule has 1 aliphatic carbocycles. The van der Waals surface area contributed by atoms with Crippen LogP contribution in [-0.4, -0.2) is 23.2 Å². The van der Waals surface area contributed by atoms with E-state index in [1.54, 1.807) is 0 Å². The lowest BCUT2D eigenvalue weighted by molar-refractivity contribution is 0.463. The highest BCUT2D eigenvalue weighted by Crippen LogP contribution is 2.28. The highest BCUT2D eigenvalue weighted by molar-refractivity contribution is 7.91. The average molecular weight is 327 g/mol. The van der Waals surface area contributed by atoms with E-state index in [1.807, 2.05) is 16.9 Å². The first kappa shape index (κ1) is 14.5. The minimum Gasteiger partial charge on any atom is -0.356 e. The third-order valence-corrected chi connectivity index (χ3v) is 5.91. The molecule has 3 N–H and O–H groups in total. The number of aromatic nitrogens is 3. The van der Waals surface area contributed by atoms with Crippen molar-refractivity contribution < 1.29 is 8.42 Å². The van der Waals surface area contributed by atoms with Gasteiger partial charge in [-0.1, -0.05) is 24.2 Å². The third kappa shape index (κ3) is 3.42. The SMILES string of the molecule is NS(=O)(=O)c1cnc(NCc2ccn(C3CCCC3)n2)s1. The normalized spacial score (nSPS) is 16.4. The maximum absolute atomic E-state index is 11.2. The number of nitrogens with two attached hydrogens (primary N) is 1. The Kier molecular flexibility index (Phi) is 3.96. The summed E-state index contributed by atoms with van der Waals surface area (Å²) >= 11 is 1.02. The van der Waals surface area contributed by atoms with Gasteiger partial charge in [-0.3, -0.25) is 4.68 Å². The number of hydrogen-bond donors (Lipinski definition) is 2. The van der Waals surface area contributed by atoms with Crippen LogP contribution in [0, 0.1) is 0 Å². The number of sulfonamides is 1. The number of thiazole rings is 1. The van der Waals surface area contributed by atoms with Crippen molar-refractivity contribution in [2.24, 2.45) is 5.14 Å². The smallest absolute Gasteiger partial charge is 0.249 e. The largest absolute Gasteiger partial charge is 0.356 e. The molecule has 0 saturated heterocycles. The molecule has 0 atom stereocenters. The van der Waals surface area contributed by atoms with E-state index in [0.29, 0.717) is 17.7 Å². The highest BCUT2D eigenvalue weighted by atomic mass is 32.2. The van der Waals surface area contributed by atoms with Gasteiger partial charge in [0.05, 0.1) is 24.5 Å². The predicted octanol–water partition coefficient (Wildman–Crippen LogP) is 1.71. The number of nitrogens with zero attached hydrogens (tertiary/aromatic N) is 3. The van der Waals surface area contributed by atoms with Gasteiger partial charge in [0.25, 0.3) is 0 Å². The summed E-state index contributed by atoms with van der Waals surface area (Å²) in [6, 6.07) is 2.49. The Hall–Kier alpha value is -1.45. The first-order valence-electron chi connectivity index (χ1n) is 6.79. The van der Waals surface area contributed by atoms with Gasteiger partial charge in [-0.25, -0.2) is 18.5 Å². The van der Waals surface area contributed by atoms with Gasteiger partial charge >= 0.3 is 0 Å². The highest BCUT2D eigenvalue weighted by Gasteiger charge is 2.17. The zero-order valence-corrected chi connectivity index (χ0v) is 13.0. The zero-order chi connectivity index (χ0) is 14.9. The topological polar surface area (TPSA) is 103 Å². The van der Waals surface area contributed by atoms with E-state index in [1.165, 1.54) is 31.9 Å². The quantitative estimate of drug-likeness (QED) is 0.870. The third-order valence-electron chi connectivity index (χ3n) is 3.55. The molecule has 9 heteroatoms. The van der Waals surface area contributed by atoms with Crippen molar-refractivity contribution in [3.8, 4) is 0 Å². The van der Waals surface area contributed by atoms with Gasteiger partial charge in [0.1, 0.15) is 0 Å². The summed E-state index contributed by atoms with van der Waals surface area (Å²) in [7, 11) is -3.68. The molecule has 0 aromatic carbocycles. The molecule has 0 spiro atoms. The summed E-state index contributed by atoms with van der Waals surface area (Å²) in [5.41, 5.74) is 0.911. The zero-order valence-electron chi connectivity index (χ0n) is 11.4. The second kappa shape index (κ2) is 5.74. The van der Waals surface area contributed by atoms with Gasteiger partial charge in [0.15, 0.2) is 9.34 Å². The van der Waals surface area contributed by atoms with Gasteiger partial charge in [-0.15, -0.1) is 0 Å². The number of primary sulfonamides is 1. The molecule has 1 fully saturated rings. The maximum atomic E-state index is 11.2. The molecule has 21 heavy (non-hydrogen) atoms. The van der Waals surface area contributed by atoms with Crippen LogP contribution in [0.15, 0.2) is 22.7 Å². The maximum Gasteiger partial charge on any atom is 0.249 e. The van der Waals surface area contributed by atoms with E-state index in [2.05, 4.69) is 15.4 Å².